The number of hydrogen-bond donors (Lipinski definition) is 2. The van der Waals surface area contributed by atoms with Gasteiger partial charge in [0.05, 0.1) is 22.7 Å². The number of benzene rings is 3. The highest BCUT2D eigenvalue weighted by Crippen LogP contribution is 2.48. The zero-order valence-corrected chi connectivity index (χ0v) is 20.7. The van der Waals surface area contributed by atoms with E-state index in [-0.39, 0.29) is 16.9 Å². The third kappa shape index (κ3) is 4.63. The first kappa shape index (κ1) is 25.1. The lowest BCUT2D eigenvalue weighted by Crippen LogP contribution is -2.19. The number of nitrogens with one attached hydrogen (secondary N) is 1. The Bertz CT molecular complexity index is 1490. The molecule has 1 heterocycles. The third-order valence-electron chi connectivity index (χ3n) is 6.95. The van der Waals surface area contributed by atoms with E-state index in [2.05, 4.69) is 10.4 Å². The van der Waals surface area contributed by atoms with Crippen LogP contribution in [0.25, 0.3) is 22.3 Å². The third-order valence-corrected chi connectivity index (χ3v) is 6.95. The molecule has 194 valence electrons. The van der Waals surface area contributed by atoms with Gasteiger partial charge in [-0.1, -0.05) is 54.6 Å². The van der Waals surface area contributed by atoms with Crippen LogP contribution in [0.15, 0.2) is 72.9 Å². The summed E-state index contributed by atoms with van der Waals surface area (Å²) >= 11 is 0. The fourth-order valence-electron chi connectivity index (χ4n) is 4.58. The Labute approximate surface area is 217 Å². The van der Waals surface area contributed by atoms with Crippen LogP contribution >= 0.6 is 0 Å². The van der Waals surface area contributed by atoms with E-state index in [4.69, 9.17) is 4.74 Å². The Morgan fingerprint density at radius 1 is 1.03 bits per heavy atom. The smallest absolute Gasteiger partial charge is 0.413 e. The molecule has 9 heteroatoms. The fourth-order valence-corrected chi connectivity index (χ4v) is 4.58. The number of carbonyl (C=O) groups excluding carboxylic acids is 1. The second kappa shape index (κ2) is 9.74. The minimum absolute atomic E-state index is 0.0610. The summed E-state index contributed by atoms with van der Waals surface area (Å²) < 4.78 is 37.4. The lowest BCUT2D eigenvalue weighted by atomic mass is 9.93. The van der Waals surface area contributed by atoms with E-state index in [1.807, 2.05) is 30.3 Å². The molecule has 1 aliphatic carbocycles. The van der Waals surface area contributed by atoms with Gasteiger partial charge in [-0.2, -0.15) is 5.10 Å². The van der Waals surface area contributed by atoms with Crippen LogP contribution in [0.2, 0.25) is 0 Å². The number of halogens is 2. The average molecular weight is 518 g/mol. The highest BCUT2D eigenvalue weighted by Gasteiger charge is 2.51. The van der Waals surface area contributed by atoms with Crippen LogP contribution in [0.5, 0.6) is 0 Å². The van der Waals surface area contributed by atoms with Crippen molar-refractivity contribution in [2.24, 2.45) is 7.05 Å². The van der Waals surface area contributed by atoms with E-state index in [0.29, 0.717) is 29.5 Å². The average Bonchev–Trinajstić information content (AvgIpc) is 3.65. The number of amides is 1. The van der Waals surface area contributed by atoms with E-state index in [1.165, 1.54) is 30.1 Å². The van der Waals surface area contributed by atoms with Gasteiger partial charge in [0, 0.05) is 7.05 Å². The number of ether oxygens (including phenoxy) is 1. The van der Waals surface area contributed by atoms with Crippen LogP contribution in [0.3, 0.4) is 0 Å². The van der Waals surface area contributed by atoms with Gasteiger partial charge in [-0.25, -0.2) is 13.6 Å². The van der Waals surface area contributed by atoms with E-state index in [9.17, 15) is 14.7 Å². The highest BCUT2D eigenvalue weighted by molar-refractivity contribution is 5.90. The van der Waals surface area contributed by atoms with Crippen molar-refractivity contribution in [2.45, 2.75) is 31.3 Å². The van der Waals surface area contributed by atoms with Gasteiger partial charge in [0.25, 0.3) is 0 Å². The molecule has 7 nitrogen and oxygen atoms in total. The molecular formula is C29H25F2N3O4. The van der Waals surface area contributed by atoms with Crippen LogP contribution in [0.4, 0.5) is 19.4 Å². The first-order valence-corrected chi connectivity index (χ1v) is 12.1. The lowest BCUT2D eigenvalue weighted by molar-refractivity contribution is -0.140. The molecule has 5 rings (SSSR count). The van der Waals surface area contributed by atoms with Gasteiger partial charge < -0.3 is 9.84 Å². The molecule has 0 unspecified atom stereocenters. The normalized spacial score (nSPS) is 14.5. The van der Waals surface area contributed by atoms with Crippen molar-refractivity contribution in [2.75, 3.05) is 5.32 Å². The minimum atomic E-state index is -0.869. The molecule has 38 heavy (non-hydrogen) atoms. The van der Waals surface area contributed by atoms with E-state index < -0.39 is 35.2 Å². The quantitative estimate of drug-likeness (QED) is 0.294. The van der Waals surface area contributed by atoms with Gasteiger partial charge in [0.15, 0.2) is 0 Å². The van der Waals surface area contributed by atoms with Crippen LogP contribution in [-0.2, 0) is 22.0 Å². The Morgan fingerprint density at radius 2 is 1.66 bits per heavy atom. The van der Waals surface area contributed by atoms with Crippen LogP contribution in [0, 0.1) is 11.6 Å². The number of aliphatic carboxylic acids is 1. The maximum atomic E-state index is 15.3. The molecule has 0 bridgehead atoms. The molecule has 1 amide bonds. The number of rotatable bonds is 7. The van der Waals surface area contributed by atoms with E-state index in [1.54, 1.807) is 31.2 Å². The summed E-state index contributed by atoms with van der Waals surface area (Å²) in [6.07, 6.45) is 1.07. The topological polar surface area (TPSA) is 93.4 Å². The van der Waals surface area contributed by atoms with Gasteiger partial charge in [0.1, 0.15) is 23.6 Å². The van der Waals surface area contributed by atoms with Gasteiger partial charge >= 0.3 is 12.1 Å². The van der Waals surface area contributed by atoms with Crippen molar-refractivity contribution >= 4 is 17.9 Å². The number of hydrogen-bond acceptors (Lipinski definition) is 4. The predicted octanol–water partition coefficient (Wildman–Crippen LogP) is 6.46. The number of aromatic nitrogens is 2. The number of carbonyl (C=O) groups is 2. The summed E-state index contributed by atoms with van der Waals surface area (Å²) in [5, 5.41) is 16.1. The summed E-state index contributed by atoms with van der Waals surface area (Å²) in [5.74, 6) is -2.47. The van der Waals surface area contributed by atoms with Gasteiger partial charge in [-0.15, -0.1) is 0 Å². The summed E-state index contributed by atoms with van der Waals surface area (Å²) in [6.45, 7) is 1.72. The van der Waals surface area contributed by atoms with Crippen molar-refractivity contribution in [1.82, 2.24) is 9.78 Å². The standard InChI is InChI=1S/C29H25F2N3O4/c1-17(18-6-4-3-5-7-18)38-28(37)33-26-22(16-32-34(26)2)25-23(30)14-20(15-24(25)31)19-8-10-21(11-9-19)29(12-13-29)27(35)36/h3-11,14-17H,12-13H2,1-2H3,(H,33,37)(H,35,36)/t17-/m1/s1. The monoisotopic (exact) mass is 517 g/mol. The molecule has 1 saturated carbocycles. The number of nitrogens with zero attached hydrogens (tertiary/aromatic N) is 2. The summed E-state index contributed by atoms with van der Waals surface area (Å²) in [5.41, 5.74) is 1.17. The fraction of sp³-hybridized carbons (Fsp3) is 0.207. The number of anilines is 1. The Morgan fingerprint density at radius 3 is 2.24 bits per heavy atom. The first-order valence-electron chi connectivity index (χ1n) is 12.1. The zero-order chi connectivity index (χ0) is 27.0. The zero-order valence-electron chi connectivity index (χ0n) is 20.7. The second-order valence-electron chi connectivity index (χ2n) is 9.39. The van der Waals surface area contributed by atoms with Gasteiger partial charge in [0.2, 0.25) is 0 Å². The molecule has 2 N–H and O–H groups in total. The summed E-state index contributed by atoms with van der Waals surface area (Å²) in [6, 6.07) is 18.2. The molecule has 1 atom stereocenters. The second-order valence-corrected chi connectivity index (χ2v) is 9.39. The maximum absolute atomic E-state index is 15.3. The molecular weight excluding hydrogens is 492 g/mol. The van der Waals surface area contributed by atoms with Crippen molar-refractivity contribution < 1.29 is 28.2 Å². The van der Waals surface area contributed by atoms with Crippen molar-refractivity contribution in [3.05, 3.63) is 95.7 Å². The summed E-state index contributed by atoms with van der Waals surface area (Å²) in [7, 11) is 1.54. The largest absolute Gasteiger partial charge is 0.481 e. The Kier molecular flexibility index (Phi) is 6.44. The molecule has 1 aromatic heterocycles. The minimum Gasteiger partial charge on any atom is -0.481 e. The lowest BCUT2D eigenvalue weighted by Gasteiger charge is -2.15. The molecule has 1 aliphatic rings. The molecule has 0 saturated heterocycles. The first-order chi connectivity index (χ1) is 18.2. The van der Waals surface area contributed by atoms with Crippen LogP contribution in [0.1, 0.15) is 37.0 Å². The number of carboxylic acids is 1. The Balaban J connectivity index is 1.39. The number of aryl methyl sites for hydroxylation is 1. The molecule has 0 aliphatic heterocycles. The van der Waals surface area contributed by atoms with Gasteiger partial charge in [-0.3, -0.25) is 14.8 Å². The highest BCUT2D eigenvalue weighted by atomic mass is 19.1. The van der Waals surface area contributed by atoms with Crippen molar-refractivity contribution in [3.8, 4) is 22.3 Å². The molecule has 4 aromatic rings. The van der Waals surface area contributed by atoms with E-state index >= 15 is 8.78 Å². The van der Waals surface area contributed by atoms with Crippen LogP contribution in [-0.4, -0.2) is 26.9 Å². The van der Waals surface area contributed by atoms with E-state index in [0.717, 1.165) is 5.56 Å². The number of carboxylic acid groups (broad SMARTS) is 1. The predicted molar refractivity (Wildman–Crippen MR) is 138 cm³/mol. The maximum Gasteiger partial charge on any atom is 0.413 e. The van der Waals surface area contributed by atoms with Crippen molar-refractivity contribution in [3.63, 3.8) is 0 Å². The SMILES string of the molecule is C[C@@H](OC(=O)Nc1c(-c2c(F)cc(-c3ccc(C4(C(=O)O)CC4)cc3)cc2F)cnn1C)c1ccccc1. The van der Waals surface area contributed by atoms with Crippen molar-refractivity contribution in [1.29, 1.82) is 0 Å². The molecule has 0 spiro atoms. The molecule has 1 fully saturated rings. The van der Waals surface area contributed by atoms with Gasteiger partial charge in [-0.05, 0) is 54.2 Å². The molecule has 0 radical (unpaired) electrons. The Hall–Kier alpha value is -4.53. The molecule has 3 aromatic carbocycles. The van der Waals surface area contributed by atoms with Crippen LogP contribution < -0.4 is 5.32 Å². The summed E-state index contributed by atoms with van der Waals surface area (Å²) in [4.78, 5) is 24.2.